The van der Waals surface area contributed by atoms with Crippen LogP contribution in [0.3, 0.4) is 0 Å². The van der Waals surface area contributed by atoms with Crippen molar-refractivity contribution in [3.8, 4) is 0 Å². The van der Waals surface area contributed by atoms with Crippen LogP contribution in [0.15, 0.2) is 6.07 Å². The van der Waals surface area contributed by atoms with Gasteiger partial charge in [0.05, 0.1) is 5.69 Å². The van der Waals surface area contributed by atoms with E-state index in [2.05, 4.69) is 0 Å². The molecule has 17 heavy (non-hydrogen) atoms. The molecule has 0 unspecified atom stereocenters. The van der Waals surface area contributed by atoms with E-state index in [1.807, 2.05) is 0 Å². The molecule has 0 bridgehead atoms. The standard InChI is InChI=1S/C9H6F7N/c1-2-4-6(17(16)9(13,14)15)3-5(10)8(12)7(4)11/h3H,2H2,1H3. The Balaban J connectivity index is 3.43. The SMILES string of the molecule is CCc1c(N(F)C(F)(F)F)cc(F)c(F)c1F. The Morgan fingerprint density at radius 2 is 1.65 bits per heavy atom. The molecule has 1 rings (SSSR count). The molecule has 0 amide bonds. The maximum atomic E-state index is 13.1. The van der Waals surface area contributed by atoms with E-state index < -0.39 is 46.5 Å². The molecule has 0 N–H and O–H groups in total. The van der Waals surface area contributed by atoms with Crippen LogP contribution in [0.4, 0.5) is 36.5 Å². The quantitative estimate of drug-likeness (QED) is 0.338. The van der Waals surface area contributed by atoms with Gasteiger partial charge in [0.25, 0.3) is 0 Å². The second-order valence-electron chi connectivity index (χ2n) is 3.09. The molecule has 96 valence electrons. The van der Waals surface area contributed by atoms with Gasteiger partial charge < -0.3 is 0 Å². The number of anilines is 1. The number of benzene rings is 1. The first kappa shape index (κ1) is 13.6. The van der Waals surface area contributed by atoms with Crippen LogP contribution in [0.5, 0.6) is 0 Å². The van der Waals surface area contributed by atoms with Gasteiger partial charge in [0.2, 0.25) is 0 Å². The molecule has 0 aromatic heterocycles. The molecule has 0 atom stereocenters. The van der Waals surface area contributed by atoms with Gasteiger partial charge in [-0.2, -0.15) is 0 Å². The molecule has 0 heterocycles. The molecular weight excluding hydrogens is 255 g/mol. The minimum Gasteiger partial charge on any atom is -0.204 e. The highest BCUT2D eigenvalue weighted by Gasteiger charge is 2.41. The van der Waals surface area contributed by atoms with Crippen LogP contribution in [0, 0.1) is 17.5 Å². The van der Waals surface area contributed by atoms with Gasteiger partial charge in [-0.05, 0) is 6.42 Å². The number of alkyl halides is 3. The van der Waals surface area contributed by atoms with Crippen LogP contribution in [-0.2, 0) is 6.42 Å². The van der Waals surface area contributed by atoms with Crippen molar-refractivity contribution < 1.29 is 30.8 Å². The molecule has 1 aromatic rings. The van der Waals surface area contributed by atoms with Crippen LogP contribution in [0.1, 0.15) is 12.5 Å². The second-order valence-corrected chi connectivity index (χ2v) is 3.09. The van der Waals surface area contributed by atoms with Crippen molar-refractivity contribution in [3.63, 3.8) is 0 Å². The van der Waals surface area contributed by atoms with Crippen molar-refractivity contribution in [1.29, 1.82) is 0 Å². The molecule has 8 heteroatoms. The summed E-state index contributed by atoms with van der Waals surface area (Å²) < 4.78 is 87.5. The molecule has 0 aliphatic carbocycles. The zero-order valence-corrected chi connectivity index (χ0v) is 8.38. The predicted molar refractivity (Wildman–Crippen MR) is 45.3 cm³/mol. The van der Waals surface area contributed by atoms with Gasteiger partial charge in [-0.3, -0.25) is 0 Å². The monoisotopic (exact) mass is 261 g/mol. The first-order valence-corrected chi connectivity index (χ1v) is 4.39. The molecule has 0 spiro atoms. The van der Waals surface area contributed by atoms with E-state index in [1.54, 1.807) is 0 Å². The smallest absolute Gasteiger partial charge is 0.204 e. The Hall–Kier alpha value is -1.47. The predicted octanol–water partition coefficient (Wildman–Crippen LogP) is 3.88. The zero-order chi connectivity index (χ0) is 13.4. The molecule has 0 aliphatic heterocycles. The van der Waals surface area contributed by atoms with Gasteiger partial charge in [-0.15, -0.1) is 18.3 Å². The van der Waals surface area contributed by atoms with Gasteiger partial charge in [0, 0.05) is 11.6 Å². The summed E-state index contributed by atoms with van der Waals surface area (Å²) in [5.41, 5.74) is -2.28. The fraction of sp³-hybridized carbons (Fsp3) is 0.333. The van der Waals surface area contributed by atoms with Crippen LogP contribution in [0.25, 0.3) is 0 Å². The van der Waals surface area contributed by atoms with Crippen molar-refractivity contribution in [2.24, 2.45) is 0 Å². The highest BCUT2D eigenvalue weighted by atomic mass is 19.4. The molecule has 0 saturated heterocycles. The number of hydrogen-bond donors (Lipinski definition) is 0. The highest BCUT2D eigenvalue weighted by molar-refractivity contribution is 5.53. The Morgan fingerprint density at radius 1 is 1.12 bits per heavy atom. The summed E-state index contributed by atoms with van der Waals surface area (Å²) in [5.74, 6) is -5.64. The second kappa shape index (κ2) is 4.42. The summed E-state index contributed by atoms with van der Waals surface area (Å²) in [6.45, 7) is 1.18. The normalized spacial score (nSPS) is 11.8. The maximum Gasteiger partial charge on any atom is 0.512 e. The fourth-order valence-corrected chi connectivity index (χ4v) is 1.27. The lowest BCUT2D eigenvalue weighted by Crippen LogP contribution is -2.31. The molecule has 0 fully saturated rings. The van der Waals surface area contributed by atoms with Crippen molar-refractivity contribution >= 4 is 5.69 Å². The molecule has 0 radical (unpaired) electrons. The Bertz CT molecular complexity index is 426. The van der Waals surface area contributed by atoms with E-state index in [1.165, 1.54) is 6.92 Å². The van der Waals surface area contributed by atoms with Crippen LogP contribution >= 0.6 is 0 Å². The molecule has 0 saturated carbocycles. The average Bonchev–Trinajstić information content (AvgIpc) is 2.23. The average molecular weight is 261 g/mol. The first-order valence-electron chi connectivity index (χ1n) is 4.39. The molecule has 1 nitrogen and oxygen atoms in total. The molecule has 0 aliphatic rings. The summed E-state index contributed by atoms with van der Waals surface area (Å²) in [4.78, 5) is 0. The minimum absolute atomic E-state index is 0.0370. The van der Waals surface area contributed by atoms with Crippen molar-refractivity contribution in [1.82, 2.24) is 0 Å². The van der Waals surface area contributed by atoms with E-state index in [4.69, 9.17) is 0 Å². The van der Waals surface area contributed by atoms with Gasteiger partial charge >= 0.3 is 6.30 Å². The summed E-state index contributed by atoms with van der Waals surface area (Å²) in [6.07, 6.45) is -5.88. The van der Waals surface area contributed by atoms with Crippen molar-refractivity contribution in [2.75, 3.05) is 5.12 Å². The molecule has 1 aromatic carbocycles. The van der Waals surface area contributed by atoms with Gasteiger partial charge in [0.15, 0.2) is 17.5 Å². The largest absolute Gasteiger partial charge is 0.512 e. The summed E-state index contributed by atoms with van der Waals surface area (Å²) in [7, 11) is 0. The molecular formula is C9H6F7N. The lowest BCUT2D eigenvalue weighted by atomic mass is 10.1. The fourth-order valence-electron chi connectivity index (χ4n) is 1.27. The number of rotatable bonds is 2. The third-order valence-corrected chi connectivity index (χ3v) is 2.03. The van der Waals surface area contributed by atoms with Gasteiger partial charge in [0.1, 0.15) is 0 Å². The third-order valence-electron chi connectivity index (χ3n) is 2.03. The van der Waals surface area contributed by atoms with E-state index in [9.17, 15) is 30.8 Å². The number of nitrogens with zero attached hydrogens (tertiary/aromatic N) is 1. The minimum atomic E-state index is -5.46. The van der Waals surface area contributed by atoms with Crippen LogP contribution < -0.4 is 5.12 Å². The lowest BCUT2D eigenvalue weighted by molar-refractivity contribution is -0.157. The first-order chi connectivity index (χ1) is 7.70. The number of hydrogen-bond acceptors (Lipinski definition) is 1. The lowest BCUT2D eigenvalue weighted by Gasteiger charge is -2.20. The van der Waals surface area contributed by atoms with Gasteiger partial charge in [-0.1, -0.05) is 11.4 Å². The highest BCUT2D eigenvalue weighted by Crippen LogP contribution is 2.34. The Morgan fingerprint density at radius 3 is 2.06 bits per heavy atom. The third kappa shape index (κ3) is 2.45. The Kier molecular flexibility index (Phi) is 3.53. The summed E-state index contributed by atoms with van der Waals surface area (Å²) >= 11 is 0. The van der Waals surface area contributed by atoms with E-state index in [0.717, 1.165) is 0 Å². The maximum absolute atomic E-state index is 13.1. The number of halogens is 7. The van der Waals surface area contributed by atoms with E-state index in [-0.39, 0.29) is 6.07 Å². The van der Waals surface area contributed by atoms with Crippen molar-refractivity contribution in [3.05, 3.63) is 29.1 Å². The summed E-state index contributed by atoms with van der Waals surface area (Å²) in [6, 6.07) is -0.0370. The van der Waals surface area contributed by atoms with E-state index in [0.29, 0.717) is 0 Å². The van der Waals surface area contributed by atoms with Crippen LogP contribution in [-0.4, -0.2) is 6.30 Å². The summed E-state index contributed by atoms with van der Waals surface area (Å²) in [5, 5.41) is -1.75. The topological polar surface area (TPSA) is 3.24 Å². The van der Waals surface area contributed by atoms with Crippen molar-refractivity contribution in [2.45, 2.75) is 19.6 Å². The Labute approximate surface area is 91.4 Å². The zero-order valence-electron chi connectivity index (χ0n) is 8.38. The van der Waals surface area contributed by atoms with Crippen LogP contribution in [0.2, 0.25) is 0 Å². The van der Waals surface area contributed by atoms with Gasteiger partial charge in [-0.25, -0.2) is 13.2 Å². The van der Waals surface area contributed by atoms with E-state index >= 15 is 0 Å².